The first kappa shape index (κ1) is 18.1. The van der Waals surface area contributed by atoms with Crippen molar-refractivity contribution in [1.82, 2.24) is 0 Å². The first-order valence-electron chi connectivity index (χ1n) is 8.16. The molecule has 0 bridgehead atoms. The van der Waals surface area contributed by atoms with Crippen LogP contribution in [0.2, 0.25) is 0 Å². The summed E-state index contributed by atoms with van der Waals surface area (Å²) in [6.45, 7) is 1.49. The van der Waals surface area contributed by atoms with Crippen LogP contribution in [0.1, 0.15) is 0 Å². The van der Waals surface area contributed by atoms with Crippen LogP contribution in [0.5, 0.6) is 23.0 Å². The van der Waals surface area contributed by atoms with E-state index in [0.29, 0.717) is 5.11 Å². The highest BCUT2D eigenvalue weighted by atomic mass is 32.1. The summed E-state index contributed by atoms with van der Waals surface area (Å²) in [5.41, 5.74) is 1.82. The lowest BCUT2D eigenvalue weighted by atomic mass is 10.2. The van der Waals surface area contributed by atoms with Gasteiger partial charge < -0.3 is 28.7 Å². The van der Waals surface area contributed by atoms with Gasteiger partial charge in [0.1, 0.15) is 23.0 Å². The Labute approximate surface area is 158 Å². The summed E-state index contributed by atoms with van der Waals surface area (Å²) >= 11 is 5.74. The van der Waals surface area contributed by atoms with E-state index in [2.05, 4.69) is 9.80 Å². The molecule has 138 valence electrons. The largest absolute Gasteiger partial charge is 0.497 e. The summed E-state index contributed by atoms with van der Waals surface area (Å²) in [5.74, 6) is 2.92. The molecule has 0 radical (unpaired) electrons. The van der Waals surface area contributed by atoms with Crippen LogP contribution in [0.15, 0.2) is 36.4 Å². The van der Waals surface area contributed by atoms with Crippen LogP contribution in [0, 0.1) is 0 Å². The molecule has 1 aliphatic heterocycles. The highest BCUT2D eigenvalue weighted by Crippen LogP contribution is 2.38. The van der Waals surface area contributed by atoms with Crippen molar-refractivity contribution in [2.75, 3.05) is 51.3 Å². The van der Waals surface area contributed by atoms with E-state index in [9.17, 15) is 0 Å². The van der Waals surface area contributed by atoms with Crippen molar-refractivity contribution in [3.8, 4) is 23.0 Å². The van der Waals surface area contributed by atoms with Crippen molar-refractivity contribution in [1.29, 1.82) is 0 Å². The second-order valence-electron chi connectivity index (χ2n) is 5.66. The van der Waals surface area contributed by atoms with Crippen LogP contribution < -0.4 is 28.7 Å². The summed E-state index contributed by atoms with van der Waals surface area (Å²) in [6, 6.07) is 11.4. The molecule has 0 atom stereocenters. The van der Waals surface area contributed by atoms with Crippen molar-refractivity contribution >= 4 is 28.7 Å². The summed E-state index contributed by atoms with van der Waals surface area (Å²) in [4.78, 5) is 4.11. The molecular weight excluding hydrogens is 352 g/mol. The average molecular weight is 374 g/mol. The number of thiocarbonyl (C=S) groups is 1. The van der Waals surface area contributed by atoms with Crippen molar-refractivity contribution in [3.05, 3.63) is 36.4 Å². The summed E-state index contributed by atoms with van der Waals surface area (Å²) in [5, 5.41) is 0.692. The maximum absolute atomic E-state index is 5.74. The van der Waals surface area contributed by atoms with Gasteiger partial charge in [0.15, 0.2) is 5.11 Å². The quantitative estimate of drug-likeness (QED) is 0.719. The van der Waals surface area contributed by atoms with Gasteiger partial charge in [0, 0.05) is 25.2 Å². The Bertz CT molecular complexity index is 747. The van der Waals surface area contributed by atoms with Crippen LogP contribution >= 0.6 is 12.2 Å². The molecule has 0 aromatic heterocycles. The summed E-state index contributed by atoms with van der Waals surface area (Å²) in [7, 11) is 6.54. The van der Waals surface area contributed by atoms with Gasteiger partial charge >= 0.3 is 0 Å². The van der Waals surface area contributed by atoms with Crippen LogP contribution in [-0.2, 0) is 0 Å². The van der Waals surface area contributed by atoms with E-state index in [4.69, 9.17) is 31.2 Å². The van der Waals surface area contributed by atoms with E-state index < -0.39 is 0 Å². The second-order valence-corrected chi connectivity index (χ2v) is 6.03. The van der Waals surface area contributed by atoms with Crippen LogP contribution in [0.3, 0.4) is 0 Å². The Morgan fingerprint density at radius 2 is 1.12 bits per heavy atom. The minimum absolute atomic E-state index is 0.692. The van der Waals surface area contributed by atoms with Gasteiger partial charge in [-0.1, -0.05) is 0 Å². The minimum Gasteiger partial charge on any atom is -0.497 e. The maximum Gasteiger partial charge on any atom is 0.180 e. The van der Waals surface area contributed by atoms with Crippen molar-refractivity contribution < 1.29 is 18.9 Å². The Morgan fingerprint density at radius 3 is 1.46 bits per heavy atom. The minimum atomic E-state index is 0.692. The molecule has 0 spiro atoms. The zero-order chi connectivity index (χ0) is 18.7. The number of methoxy groups -OCH3 is 4. The van der Waals surface area contributed by atoms with Gasteiger partial charge in [0.25, 0.3) is 0 Å². The molecule has 0 aliphatic carbocycles. The van der Waals surface area contributed by atoms with E-state index in [1.54, 1.807) is 28.4 Å². The van der Waals surface area contributed by atoms with E-state index >= 15 is 0 Å². The molecule has 0 saturated carbocycles. The van der Waals surface area contributed by atoms with E-state index in [1.807, 2.05) is 36.4 Å². The third kappa shape index (κ3) is 3.22. The van der Waals surface area contributed by atoms with E-state index in [1.165, 1.54) is 0 Å². The monoisotopic (exact) mass is 374 g/mol. The molecule has 6 nitrogen and oxygen atoms in total. The maximum atomic E-state index is 5.74. The fraction of sp³-hybridized carbons (Fsp3) is 0.316. The SMILES string of the molecule is COc1ccc(N2CCN(c3ccc(OC)cc3OC)C2=S)c(OC)c1. The molecule has 1 fully saturated rings. The Morgan fingerprint density at radius 1 is 0.692 bits per heavy atom. The fourth-order valence-electron chi connectivity index (χ4n) is 3.00. The number of rotatable bonds is 6. The third-order valence-corrected chi connectivity index (χ3v) is 4.81. The Kier molecular flexibility index (Phi) is 5.37. The Balaban J connectivity index is 1.92. The Hall–Kier alpha value is -2.67. The van der Waals surface area contributed by atoms with Crippen LogP contribution in [0.25, 0.3) is 0 Å². The first-order valence-corrected chi connectivity index (χ1v) is 8.56. The lowest BCUT2D eigenvalue weighted by molar-refractivity contribution is 0.395. The average Bonchev–Trinajstić information content (AvgIpc) is 3.07. The molecule has 2 aromatic rings. The standard InChI is InChI=1S/C19H22N2O4S/c1-22-13-5-7-15(17(11-13)24-3)20-9-10-21(19(20)26)16-8-6-14(23-2)12-18(16)25-4/h5-8,11-12H,9-10H2,1-4H3. The van der Waals surface area contributed by atoms with E-state index in [0.717, 1.165) is 47.5 Å². The zero-order valence-electron chi connectivity index (χ0n) is 15.3. The smallest absolute Gasteiger partial charge is 0.180 e. The molecule has 1 aliphatic rings. The number of anilines is 2. The molecule has 0 unspecified atom stereocenters. The number of hydrogen-bond donors (Lipinski definition) is 0. The summed E-state index contributed by atoms with van der Waals surface area (Å²) < 4.78 is 21.6. The van der Waals surface area contributed by atoms with Gasteiger partial charge in [-0.25, -0.2) is 0 Å². The normalized spacial score (nSPS) is 13.8. The summed E-state index contributed by atoms with van der Waals surface area (Å²) in [6.07, 6.45) is 0. The number of nitrogens with zero attached hydrogens (tertiary/aromatic N) is 2. The van der Waals surface area contributed by atoms with Gasteiger partial charge in [-0.05, 0) is 36.5 Å². The molecule has 2 aromatic carbocycles. The van der Waals surface area contributed by atoms with Crippen molar-refractivity contribution in [2.45, 2.75) is 0 Å². The van der Waals surface area contributed by atoms with Gasteiger partial charge in [0.2, 0.25) is 0 Å². The van der Waals surface area contributed by atoms with Crippen LogP contribution in [0.4, 0.5) is 11.4 Å². The third-order valence-electron chi connectivity index (χ3n) is 4.36. The van der Waals surface area contributed by atoms with E-state index in [-0.39, 0.29) is 0 Å². The predicted octanol–water partition coefficient (Wildman–Crippen LogP) is 3.33. The highest BCUT2D eigenvalue weighted by Gasteiger charge is 2.30. The molecular formula is C19H22N2O4S. The van der Waals surface area contributed by atoms with Gasteiger partial charge in [-0.3, -0.25) is 0 Å². The molecule has 1 heterocycles. The van der Waals surface area contributed by atoms with Crippen molar-refractivity contribution in [3.63, 3.8) is 0 Å². The first-order chi connectivity index (χ1) is 12.6. The lowest BCUT2D eigenvalue weighted by Gasteiger charge is -2.25. The highest BCUT2D eigenvalue weighted by molar-refractivity contribution is 7.80. The van der Waals surface area contributed by atoms with Gasteiger partial charge in [0.05, 0.1) is 39.8 Å². The number of benzene rings is 2. The lowest BCUT2D eigenvalue weighted by Crippen LogP contribution is -2.31. The van der Waals surface area contributed by atoms with Crippen molar-refractivity contribution in [2.24, 2.45) is 0 Å². The second kappa shape index (κ2) is 7.70. The predicted molar refractivity (Wildman–Crippen MR) is 106 cm³/mol. The van der Waals surface area contributed by atoms with Gasteiger partial charge in [-0.15, -0.1) is 0 Å². The molecule has 26 heavy (non-hydrogen) atoms. The molecule has 7 heteroatoms. The number of hydrogen-bond acceptors (Lipinski definition) is 5. The number of ether oxygens (including phenoxy) is 4. The fourth-order valence-corrected chi connectivity index (χ4v) is 3.38. The molecule has 1 saturated heterocycles. The van der Waals surface area contributed by atoms with Crippen LogP contribution in [-0.4, -0.2) is 46.6 Å². The molecule has 0 amide bonds. The van der Waals surface area contributed by atoms with Gasteiger partial charge in [-0.2, -0.15) is 0 Å². The topological polar surface area (TPSA) is 43.4 Å². The molecule has 0 N–H and O–H groups in total. The zero-order valence-corrected chi connectivity index (χ0v) is 16.1. The molecule has 3 rings (SSSR count).